The minimum Gasteiger partial charge on any atom is -0.339 e. The average Bonchev–Trinajstić information content (AvgIpc) is 3.23. The second-order valence-electron chi connectivity index (χ2n) is 8.08. The van der Waals surface area contributed by atoms with Gasteiger partial charge in [-0.05, 0) is 22.8 Å². The maximum atomic E-state index is 12.6. The van der Waals surface area contributed by atoms with Gasteiger partial charge >= 0.3 is 0 Å². The quantitative estimate of drug-likeness (QED) is 0.226. The summed E-state index contributed by atoms with van der Waals surface area (Å²) < 4.78 is 2.26. The summed E-state index contributed by atoms with van der Waals surface area (Å²) in [5.41, 5.74) is 9.31. The van der Waals surface area contributed by atoms with E-state index in [0.29, 0.717) is 13.0 Å². The second kappa shape index (κ2) is 10.0. The van der Waals surface area contributed by atoms with Gasteiger partial charge in [0.05, 0.1) is 11.9 Å². The molecule has 4 nitrogen and oxygen atoms in total. The zero-order chi connectivity index (χ0) is 23.2. The second-order valence-corrected chi connectivity index (χ2v) is 8.08. The number of fused-ring (bicyclic) bond motifs is 1. The molecule has 0 aliphatic rings. The van der Waals surface area contributed by atoms with Gasteiger partial charge in [-0.15, -0.1) is 0 Å². The van der Waals surface area contributed by atoms with Crippen LogP contribution < -0.4 is 5.43 Å². The molecule has 0 bridgehead atoms. The first kappa shape index (κ1) is 21.4. The van der Waals surface area contributed by atoms with Crippen molar-refractivity contribution in [3.8, 4) is 22.4 Å². The number of hydrazone groups is 1. The molecule has 0 saturated carbocycles. The van der Waals surface area contributed by atoms with E-state index in [4.69, 9.17) is 0 Å². The van der Waals surface area contributed by atoms with E-state index in [9.17, 15) is 4.79 Å². The van der Waals surface area contributed by atoms with Gasteiger partial charge in [-0.2, -0.15) is 5.10 Å². The third-order valence-corrected chi connectivity index (χ3v) is 5.85. The number of para-hydroxylation sites is 1. The lowest BCUT2D eigenvalue weighted by atomic mass is 9.98. The van der Waals surface area contributed by atoms with Crippen LogP contribution in [0, 0.1) is 0 Å². The molecule has 4 aromatic carbocycles. The van der Waals surface area contributed by atoms with Crippen LogP contribution in [-0.4, -0.2) is 16.7 Å². The molecule has 1 heterocycles. The summed E-state index contributed by atoms with van der Waals surface area (Å²) in [5.74, 6) is -0.120. The lowest BCUT2D eigenvalue weighted by Crippen LogP contribution is -2.19. The van der Waals surface area contributed by atoms with Crippen LogP contribution in [-0.2, 0) is 11.3 Å². The predicted octanol–water partition coefficient (Wildman–Crippen LogP) is 6.52. The minimum atomic E-state index is -0.120. The SMILES string of the molecule is O=C(CCn1c(-c2ccccc2)c(-c2ccccc2)c2ccccc21)N/N=C\c1ccccc1. The molecule has 0 radical (unpaired) electrons. The van der Waals surface area contributed by atoms with Gasteiger partial charge in [0, 0.05) is 29.4 Å². The zero-order valence-corrected chi connectivity index (χ0v) is 18.8. The molecule has 0 aliphatic carbocycles. The Morgan fingerprint density at radius 1 is 0.735 bits per heavy atom. The Labute approximate surface area is 199 Å². The Morgan fingerprint density at radius 3 is 2.03 bits per heavy atom. The molecule has 0 unspecified atom stereocenters. The largest absolute Gasteiger partial charge is 0.339 e. The van der Waals surface area contributed by atoms with Crippen LogP contribution in [0.25, 0.3) is 33.3 Å². The fourth-order valence-corrected chi connectivity index (χ4v) is 4.32. The van der Waals surface area contributed by atoms with E-state index in [0.717, 1.165) is 27.9 Å². The van der Waals surface area contributed by atoms with Crippen molar-refractivity contribution in [2.24, 2.45) is 5.10 Å². The molecule has 34 heavy (non-hydrogen) atoms. The molecule has 4 heteroatoms. The van der Waals surface area contributed by atoms with E-state index in [1.807, 2.05) is 48.5 Å². The Morgan fingerprint density at radius 2 is 1.32 bits per heavy atom. The highest BCUT2D eigenvalue weighted by molar-refractivity contribution is 6.04. The smallest absolute Gasteiger partial charge is 0.241 e. The van der Waals surface area contributed by atoms with Gasteiger partial charge in [-0.3, -0.25) is 4.79 Å². The summed E-state index contributed by atoms with van der Waals surface area (Å²) in [7, 11) is 0. The number of nitrogens with zero attached hydrogens (tertiary/aromatic N) is 2. The number of hydrogen-bond acceptors (Lipinski definition) is 2. The van der Waals surface area contributed by atoms with Gasteiger partial charge in [0.15, 0.2) is 0 Å². The molecule has 0 aliphatic heterocycles. The lowest BCUT2D eigenvalue weighted by molar-refractivity contribution is -0.121. The standard InChI is InChI=1S/C30H25N3O/c34-28(32-31-22-23-12-4-1-5-13-23)20-21-33-27-19-11-10-18-26(27)29(24-14-6-2-7-15-24)30(33)25-16-8-3-9-17-25/h1-19,22H,20-21H2,(H,32,34)/b31-22-. The summed E-state index contributed by atoms with van der Waals surface area (Å²) in [6.45, 7) is 0.546. The molecular formula is C30H25N3O. The molecule has 0 spiro atoms. The van der Waals surface area contributed by atoms with E-state index in [1.165, 1.54) is 10.9 Å². The number of amides is 1. The fraction of sp³-hybridized carbons (Fsp3) is 0.0667. The van der Waals surface area contributed by atoms with Gasteiger partial charge in [0.1, 0.15) is 0 Å². The number of benzene rings is 4. The Hall–Kier alpha value is -4.44. The maximum absolute atomic E-state index is 12.6. The van der Waals surface area contributed by atoms with Crippen LogP contribution in [0.4, 0.5) is 0 Å². The Bertz CT molecular complexity index is 1420. The molecule has 0 fully saturated rings. The third kappa shape index (κ3) is 4.52. The van der Waals surface area contributed by atoms with Crippen LogP contribution in [0.3, 0.4) is 0 Å². The van der Waals surface area contributed by atoms with Crippen LogP contribution in [0.15, 0.2) is 120 Å². The number of nitrogens with one attached hydrogen (secondary N) is 1. The number of aromatic nitrogens is 1. The zero-order valence-electron chi connectivity index (χ0n) is 18.8. The highest BCUT2D eigenvalue weighted by Crippen LogP contribution is 2.40. The highest BCUT2D eigenvalue weighted by atomic mass is 16.2. The number of rotatable bonds is 7. The fourth-order valence-electron chi connectivity index (χ4n) is 4.32. The molecule has 1 amide bonds. The van der Waals surface area contributed by atoms with Gasteiger partial charge in [-0.25, -0.2) is 5.43 Å². The molecule has 1 N–H and O–H groups in total. The molecule has 5 aromatic rings. The Balaban J connectivity index is 1.49. The normalized spacial score (nSPS) is 11.2. The van der Waals surface area contributed by atoms with E-state index in [1.54, 1.807) is 6.21 Å². The molecule has 166 valence electrons. The lowest BCUT2D eigenvalue weighted by Gasteiger charge is -2.13. The van der Waals surface area contributed by atoms with Crippen molar-refractivity contribution in [1.29, 1.82) is 0 Å². The number of carbonyl (C=O) groups is 1. The van der Waals surface area contributed by atoms with E-state index < -0.39 is 0 Å². The van der Waals surface area contributed by atoms with Crippen molar-refractivity contribution in [1.82, 2.24) is 9.99 Å². The van der Waals surface area contributed by atoms with Crippen LogP contribution in [0.2, 0.25) is 0 Å². The van der Waals surface area contributed by atoms with Crippen LogP contribution in [0.5, 0.6) is 0 Å². The topological polar surface area (TPSA) is 46.4 Å². The number of hydrogen-bond donors (Lipinski definition) is 1. The molecular weight excluding hydrogens is 418 g/mol. The summed E-state index contributed by atoms with van der Waals surface area (Å²) in [5, 5.41) is 5.29. The van der Waals surface area contributed by atoms with Crippen LogP contribution in [0.1, 0.15) is 12.0 Å². The summed E-state index contributed by atoms with van der Waals surface area (Å²) >= 11 is 0. The minimum absolute atomic E-state index is 0.120. The molecule has 1 aromatic heterocycles. The molecule has 5 rings (SSSR count). The van der Waals surface area contributed by atoms with E-state index in [-0.39, 0.29) is 5.91 Å². The van der Waals surface area contributed by atoms with Crippen molar-refractivity contribution >= 4 is 23.0 Å². The molecule has 0 atom stereocenters. The predicted molar refractivity (Wildman–Crippen MR) is 140 cm³/mol. The van der Waals surface area contributed by atoms with E-state index >= 15 is 0 Å². The first-order valence-electron chi connectivity index (χ1n) is 11.4. The third-order valence-electron chi connectivity index (χ3n) is 5.85. The monoisotopic (exact) mass is 443 g/mol. The van der Waals surface area contributed by atoms with Crippen LogP contribution >= 0.6 is 0 Å². The first-order valence-corrected chi connectivity index (χ1v) is 11.4. The van der Waals surface area contributed by atoms with Gasteiger partial charge < -0.3 is 4.57 Å². The summed E-state index contributed by atoms with van der Waals surface area (Å²) in [6, 6.07) is 38.9. The number of carbonyl (C=O) groups excluding carboxylic acids is 1. The van der Waals surface area contributed by atoms with Gasteiger partial charge in [0.2, 0.25) is 5.91 Å². The maximum Gasteiger partial charge on any atom is 0.241 e. The number of aryl methyl sites for hydroxylation is 1. The highest BCUT2D eigenvalue weighted by Gasteiger charge is 2.20. The van der Waals surface area contributed by atoms with Crippen molar-refractivity contribution in [3.63, 3.8) is 0 Å². The van der Waals surface area contributed by atoms with E-state index in [2.05, 4.69) is 81.8 Å². The van der Waals surface area contributed by atoms with Crippen molar-refractivity contribution < 1.29 is 4.79 Å². The first-order chi connectivity index (χ1) is 16.8. The Kier molecular flexibility index (Phi) is 6.30. The van der Waals surface area contributed by atoms with Crippen molar-refractivity contribution in [2.75, 3.05) is 0 Å². The van der Waals surface area contributed by atoms with Crippen molar-refractivity contribution in [2.45, 2.75) is 13.0 Å². The van der Waals surface area contributed by atoms with Gasteiger partial charge in [0.25, 0.3) is 0 Å². The summed E-state index contributed by atoms with van der Waals surface area (Å²) in [6.07, 6.45) is 1.98. The molecule has 0 saturated heterocycles. The summed E-state index contributed by atoms with van der Waals surface area (Å²) in [4.78, 5) is 12.6. The van der Waals surface area contributed by atoms with Crippen molar-refractivity contribution in [3.05, 3.63) is 121 Å². The van der Waals surface area contributed by atoms with Gasteiger partial charge in [-0.1, -0.05) is 109 Å². The average molecular weight is 444 g/mol.